The molecule has 0 saturated carbocycles. The van der Waals surface area contributed by atoms with Gasteiger partial charge in [0, 0.05) is 18.0 Å². The number of amides is 1. The number of hydrogen-bond donors (Lipinski definition) is 0. The fraction of sp³-hybridized carbons (Fsp3) is 0.381. The van der Waals surface area contributed by atoms with Gasteiger partial charge in [-0.15, -0.1) is 0 Å². The van der Waals surface area contributed by atoms with Gasteiger partial charge in [0.15, 0.2) is 5.82 Å². The standard InChI is InChI=1S/C21H23N3O3/c1-13(2)19-22-20(27-23-19)17-10-7-11-24(17)21(25)16-12-14(3)26-18(16)15-8-5-4-6-9-15/h4-6,8-9,12-13,17H,7,10-11H2,1-3H3. The van der Waals surface area contributed by atoms with Gasteiger partial charge in [-0.1, -0.05) is 49.3 Å². The molecule has 1 amide bonds. The van der Waals surface area contributed by atoms with Crippen LogP contribution in [-0.2, 0) is 0 Å². The maximum atomic E-state index is 13.4. The molecule has 2 aromatic heterocycles. The van der Waals surface area contributed by atoms with E-state index in [9.17, 15) is 4.79 Å². The largest absolute Gasteiger partial charge is 0.461 e. The smallest absolute Gasteiger partial charge is 0.258 e. The lowest BCUT2D eigenvalue weighted by Crippen LogP contribution is -2.30. The van der Waals surface area contributed by atoms with Gasteiger partial charge in [-0.2, -0.15) is 4.98 Å². The highest BCUT2D eigenvalue weighted by Crippen LogP contribution is 2.35. The van der Waals surface area contributed by atoms with Crippen LogP contribution in [0, 0.1) is 6.92 Å². The number of aryl methyl sites for hydroxylation is 1. The van der Waals surface area contributed by atoms with Crippen LogP contribution in [0.3, 0.4) is 0 Å². The minimum Gasteiger partial charge on any atom is -0.461 e. The third-order valence-corrected chi connectivity index (χ3v) is 4.89. The van der Waals surface area contributed by atoms with E-state index in [-0.39, 0.29) is 17.9 Å². The number of rotatable bonds is 4. The van der Waals surface area contributed by atoms with Crippen LogP contribution in [-0.4, -0.2) is 27.5 Å². The van der Waals surface area contributed by atoms with Crippen molar-refractivity contribution in [1.29, 1.82) is 0 Å². The molecule has 1 atom stereocenters. The maximum absolute atomic E-state index is 13.4. The second-order valence-corrected chi connectivity index (χ2v) is 7.27. The Labute approximate surface area is 158 Å². The molecule has 3 aromatic rings. The van der Waals surface area contributed by atoms with Crippen molar-refractivity contribution >= 4 is 5.91 Å². The van der Waals surface area contributed by atoms with Gasteiger partial charge in [0.05, 0.1) is 5.56 Å². The lowest BCUT2D eigenvalue weighted by atomic mass is 10.1. The molecule has 0 spiro atoms. The van der Waals surface area contributed by atoms with Crippen molar-refractivity contribution in [3.05, 3.63) is 59.4 Å². The molecular weight excluding hydrogens is 342 g/mol. The van der Waals surface area contributed by atoms with Crippen LogP contribution in [0.15, 0.2) is 45.3 Å². The summed E-state index contributed by atoms with van der Waals surface area (Å²) in [5.74, 6) is 2.65. The Balaban J connectivity index is 1.66. The van der Waals surface area contributed by atoms with Gasteiger partial charge < -0.3 is 13.8 Å². The Hall–Kier alpha value is -2.89. The van der Waals surface area contributed by atoms with E-state index >= 15 is 0 Å². The number of carbonyl (C=O) groups excluding carboxylic acids is 1. The normalized spacial score (nSPS) is 17.0. The third kappa shape index (κ3) is 3.27. The average molecular weight is 365 g/mol. The van der Waals surface area contributed by atoms with Crippen molar-refractivity contribution in [3.8, 4) is 11.3 Å². The second-order valence-electron chi connectivity index (χ2n) is 7.27. The van der Waals surface area contributed by atoms with Crippen LogP contribution in [0.1, 0.15) is 66.5 Å². The van der Waals surface area contributed by atoms with Gasteiger partial charge >= 0.3 is 0 Å². The maximum Gasteiger partial charge on any atom is 0.258 e. The summed E-state index contributed by atoms with van der Waals surface area (Å²) in [6, 6.07) is 11.3. The minimum absolute atomic E-state index is 0.0579. The predicted octanol–water partition coefficient (Wildman–Crippen LogP) is 4.74. The van der Waals surface area contributed by atoms with E-state index in [4.69, 9.17) is 8.94 Å². The first kappa shape index (κ1) is 17.5. The summed E-state index contributed by atoms with van der Waals surface area (Å²) in [7, 11) is 0. The number of benzene rings is 1. The zero-order valence-corrected chi connectivity index (χ0v) is 15.8. The fourth-order valence-corrected chi connectivity index (χ4v) is 3.52. The topological polar surface area (TPSA) is 72.4 Å². The Kier molecular flexibility index (Phi) is 4.56. The molecule has 0 radical (unpaired) electrons. The molecule has 1 aliphatic heterocycles. The van der Waals surface area contributed by atoms with Gasteiger partial charge in [-0.05, 0) is 25.8 Å². The summed E-state index contributed by atoms with van der Waals surface area (Å²) < 4.78 is 11.3. The number of carbonyl (C=O) groups is 1. The molecule has 6 nitrogen and oxygen atoms in total. The second kappa shape index (κ2) is 7.02. The first-order valence-corrected chi connectivity index (χ1v) is 9.35. The lowest BCUT2D eigenvalue weighted by molar-refractivity contribution is 0.0710. The van der Waals surface area contributed by atoms with E-state index in [1.807, 2.05) is 62.1 Å². The molecule has 1 aromatic carbocycles. The van der Waals surface area contributed by atoms with Crippen LogP contribution in [0.25, 0.3) is 11.3 Å². The van der Waals surface area contributed by atoms with E-state index in [1.165, 1.54) is 0 Å². The fourth-order valence-electron chi connectivity index (χ4n) is 3.52. The average Bonchev–Trinajstić information content (AvgIpc) is 3.40. The van der Waals surface area contributed by atoms with Crippen molar-refractivity contribution in [3.63, 3.8) is 0 Å². The van der Waals surface area contributed by atoms with Gasteiger partial charge in [0.2, 0.25) is 5.89 Å². The minimum atomic E-state index is -0.184. The monoisotopic (exact) mass is 365 g/mol. The highest BCUT2D eigenvalue weighted by Gasteiger charge is 2.36. The summed E-state index contributed by atoms with van der Waals surface area (Å²) in [6.07, 6.45) is 1.73. The van der Waals surface area contributed by atoms with Gasteiger partial charge in [0.1, 0.15) is 17.6 Å². The third-order valence-electron chi connectivity index (χ3n) is 4.89. The van der Waals surface area contributed by atoms with Gasteiger partial charge in [-0.3, -0.25) is 4.79 Å². The van der Waals surface area contributed by atoms with Crippen molar-refractivity contribution in [2.75, 3.05) is 6.54 Å². The summed E-state index contributed by atoms with van der Waals surface area (Å²) >= 11 is 0. The van der Waals surface area contributed by atoms with Gasteiger partial charge in [0.25, 0.3) is 5.91 Å². The van der Waals surface area contributed by atoms with E-state index in [2.05, 4.69) is 10.1 Å². The van der Waals surface area contributed by atoms with Crippen LogP contribution in [0.2, 0.25) is 0 Å². The molecule has 1 fully saturated rings. The Morgan fingerprint density at radius 1 is 1.26 bits per heavy atom. The first-order valence-electron chi connectivity index (χ1n) is 9.35. The summed E-state index contributed by atoms with van der Waals surface area (Å²) in [4.78, 5) is 19.7. The van der Waals surface area contributed by atoms with Crippen LogP contribution < -0.4 is 0 Å². The molecule has 27 heavy (non-hydrogen) atoms. The summed E-state index contributed by atoms with van der Waals surface area (Å²) in [5, 5.41) is 4.05. The van der Waals surface area contributed by atoms with Crippen molar-refractivity contribution in [2.45, 2.75) is 45.6 Å². The molecule has 1 saturated heterocycles. The van der Waals surface area contributed by atoms with Crippen LogP contribution in [0.5, 0.6) is 0 Å². The highest BCUT2D eigenvalue weighted by atomic mass is 16.5. The Morgan fingerprint density at radius 2 is 2.04 bits per heavy atom. The van der Waals surface area contributed by atoms with E-state index in [0.29, 0.717) is 35.3 Å². The lowest BCUT2D eigenvalue weighted by Gasteiger charge is -2.21. The van der Waals surface area contributed by atoms with Crippen molar-refractivity contribution in [2.24, 2.45) is 0 Å². The van der Waals surface area contributed by atoms with Crippen LogP contribution >= 0.6 is 0 Å². The Bertz CT molecular complexity index is 943. The SMILES string of the molecule is Cc1cc(C(=O)N2CCCC2c2nc(C(C)C)no2)c(-c2ccccc2)o1. The van der Waals surface area contributed by atoms with E-state index in [1.54, 1.807) is 0 Å². The van der Waals surface area contributed by atoms with E-state index in [0.717, 1.165) is 18.4 Å². The van der Waals surface area contributed by atoms with E-state index < -0.39 is 0 Å². The predicted molar refractivity (Wildman–Crippen MR) is 100 cm³/mol. The number of aromatic nitrogens is 2. The molecule has 0 aliphatic carbocycles. The number of furan rings is 1. The first-order chi connectivity index (χ1) is 13.0. The summed E-state index contributed by atoms with van der Waals surface area (Å²) in [5.41, 5.74) is 1.47. The molecule has 3 heterocycles. The Morgan fingerprint density at radius 3 is 2.74 bits per heavy atom. The zero-order valence-electron chi connectivity index (χ0n) is 15.8. The molecule has 140 valence electrons. The molecule has 0 N–H and O–H groups in total. The molecule has 0 bridgehead atoms. The molecule has 1 aliphatic rings. The molecule has 1 unspecified atom stereocenters. The molecular formula is C21H23N3O3. The zero-order chi connectivity index (χ0) is 19.0. The number of likely N-dealkylation sites (tertiary alicyclic amines) is 1. The molecule has 6 heteroatoms. The van der Waals surface area contributed by atoms with Crippen molar-refractivity contribution < 1.29 is 13.7 Å². The van der Waals surface area contributed by atoms with Gasteiger partial charge in [-0.25, -0.2) is 0 Å². The number of nitrogens with zero attached hydrogens (tertiary/aromatic N) is 3. The molecule has 4 rings (SSSR count). The summed E-state index contributed by atoms with van der Waals surface area (Å²) in [6.45, 7) is 6.57. The van der Waals surface area contributed by atoms with Crippen molar-refractivity contribution in [1.82, 2.24) is 15.0 Å². The van der Waals surface area contributed by atoms with Crippen LogP contribution in [0.4, 0.5) is 0 Å². The number of hydrogen-bond acceptors (Lipinski definition) is 5. The highest BCUT2D eigenvalue weighted by molar-refractivity contribution is 6.00. The quantitative estimate of drug-likeness (QED) is 0.668.